The highest BCUT2D eigenvalue weighted by Gasteiger charge is 2.36. The molecule has 0 amide bonds. The second-order valence-corrected chi connectivity index (χ2v) is 8.31. The first-order valence-electron chi connectivity index (χ1n) is 9.02. The van der Waals surface area contributed by atoms with Crippen LogP contribution < -0.4 is 4.90 Å². The van der Waals surface area contributed by atoms with E-state index in [-0.39, 0.29) is 5.92 Å². The van der Waals surface area contributed by atoms with Gasteiger partial charge in [-0.2, -0.15) is 0 Å². The van der Waals surface area contributed by atoms with Crippen LogP contribution >= 0.6 is 22.9 Å². The summed E-state index contributed by atoms with van der Waals surface area (Å²) in [5.74, 6) is 0.203. The van der Waals surface area contributed by atoms with Crippen molar-refractivity contribution in [3.63, 3.8) is 0 Å². The van der Waals surface area contributed by atoms with E-state index < -0.39 is 5.60 Å². The fraction of sp³-hybridized carbons (Fsp3) is 0.500. The van der Waals surface area contributed by atoms with Gasteiger partial charge in [0.05, 0.1) is 0 Å². The Morgan fingerprint density at radius 2 is 1.96 bits per heavy atom. The molecule has 0 spiro atoms. The molecule has 1 aliphatic heterocycles. The van der Waals surface area contributed by atoms with Crippen LogP contribution in [0.3, 0.4) is 0 Å². The maximum Gasteiger partial charge on any atom is 0.102 e. The maximum absolute atomic E-state index is 11.2. The normalized spacial score (nSPS) is 19.6. The molecule has 1 aromatic carbocycles. The van der Waals surface area contributed by atoms with Crippen molar-refractivity contribution in [1.82, 2.24) is 4.90 Å². The average Bonchev–Trinajstić information content (AvgIpc) is 3.17. The number of piperazine rings is 1. The lowest BCUT2D eigenvalue weighted by Gasteiger charge is -2.40. The highest BCUT2D eigenvalue weighted by molar-refractivity contribution is 7.10. The Morgan fingerprint density at radius 1 is 1.20 bits per heavy atom. The molecule has 3 rings (SSSR count). The molecule has 0 radical (unpaired) electrons. The van der Waals surface area contributed by atoms with Gasteiger partial charge in [0, 0.05) is 54.2 Å². The topological polar surface area (TPSA) is 26.7 Å². The minimum absolute atomic E-state index is 0.203. The van der Waals surface area contributed by atoms with Crippen molar-refractivity contribution in [2.24, 2.45) is 5.92 Å². The number of hydrogen-bond donors (Lipinski definition) is 1. The van der Waals surface area contributed by atoms with E-state index in [1.807, 2.05) is 29.6 Å². The zero-order valence-corrected chi connectivity index (χ0v) is 16.6. The second-order valence-electron chi connectivity index (χ2n) is 6.92. The van der Waals surface area contributed by atoms with Gasteiger partial charge in [0.1, 0.15) is 5.60 Å². The molecule has 1 saturated heterocycles. The van der Waals surface area contributed by atoms with Gasteiger partial charge >= 0.3 is 0 Å². The summed E-state index contributed by atoms with van der Waals surface area (Å²) in [6, 6.07) is 12.2. The van der Waals surface area contributed by atoms with Crippen LogP contribution in [0.2, 0.25) is 5.02 Å². The number of aliphatic hydroxyl groups is 1. The number of thiophene rings is 1. The first-order chi connectivity index (χ1) is 12.0. The van der Waals surface area contributed by atoms with Crippen LogP contribution in [0, 0.1) is 5.92 Å². The molecule has 1 aliphatic rings. The van der Waals surface area contributed by atoms with Gasteiger partial charge < -0.3 is 10.0 Å². The van der Waals surface area contributed by atoms with Crippen LogP contribution in [0.1, 0.15) is 25.1 Å². The van der Waals surface area contributed by atoms with Crippen LogP contribution in [0.25, 0.3) is 0 Å². The monoisotopic (exact) mass is 378 g/mol. The summed E-state index contributed by atoms with van der Waals surface area (Å²) in [6.07, 6.45) is 0.747. The van der Waals surface area contributed by atoms with Crippen LogP contribution in [-0.4, -0.2) is 42.7 Å². The molecule has 136 valence electrons. The second kappa shape index (κ2) is 8.09. The molecule has 0 saturated carbocycles. The molecule has 2 heterocycles. The Balaban J connectivity index is 1.58. The first kappa shape index (κ1) is 18.7. The number of rotatable bonds is 6. The van der Waals surface area contributed by atoms with Gasteiger partial charge in [-0.1, -0.05) is 37.6 Å². The molecule has 2 aromatic rings. The zero-order chi connectivity index (χ0) is 17.9. The number of anilines is 1. The zero-order valence-electron chi connectivity index (χ0n) is 15.0. The van der Waals surface area contributed by atoms with Crippen molar-refractivity contribution in [2.75, 3.05) is 37.6 Å². The summed E-state index contributed by atoms with van der Waals surface area (Å²) in [5, 5.41) is 14.0. The van der Waals surface area contributed by atoms with Crippen LogP contribution in [0.15, 0.2) is 41.8 Å². The van der Waals surface area contributed by atoms with Gasteiger partial charge in [-0.15, -0.1) is 11.3 Å². The van der Waals surface area contributed by atoms with Gasteiger partial charge in [0.15, 0.2) is 0 Å². The molecular formula is C20H27ClN2OS. The van der Waals surface area contributed by atoms with E-state index in [9.17, 15) is 5.11 Å². The van der Waals surface area contributed by atoms with E-state index in [1.165, 1.54) is 5.69 Å². The van der Waals surface area contributed by atoms with Gasteiger partial charge in [-0.05, 0) is 36.1 Å². The van der Waals surface area contributed by atoms with E-state index >= 15 is 0 Å². The van der Waals surface area contributed by atoms with Crippen LogP contribution in [-0.2, 0) is 5.60 Å². The Hall–Kier alpha value is -1.07. The van der Waals surface area contributed by atoms with Gasteiger partial charge in [-0.3, -0.25) is 4.90 Å². The molecule has 25 heavy (non-hydrogen) atoms. The lowest BCUT2D eigenvalue weighted by molar-refractivity contribution is -0.0308. The highest BCUT2D eigenvalue weighted by Crippen LogP contribution is 2.36. The van der Waals surface area contributed by atoms with Crippen LogP contribution in [0.4, 0.5) is 5.69 Å². The van der Waals surface area contributed by atoms with E-state index in [2.05, 4.69) is 35.8 Å². The quantitative estimate of drug-likeness (QED) is 0.804. The lowest BCUT2D eigenvalue weighted by atomic mass is 9.84. The molecule has 0 aliphatic carbocycles. The molecule has 2 atom stereocenters. The summed E-state index contributed by atoms with van der Waals surface area (Å²) < 4.78 is 0. The summed E-state index contributed by atoms with van der Waals surface area (Å²) in [7, 11) is 0. The molecule has 0 bridgehead atoms. The first-order valence-corrected chi connectivity index (χ1v) is 10.3. The van der Waals surface area contributed by atoms with Gasteiger partial charge in [0.2, 0.25) is 0 Å². The smallest absolute Gasteiger partial charge is 0.102 e. The van der Waals surface area contributed by atoms with E-state index in [0.717, 1.165) is 49.0 Å². The Morgan fingerprint density at radius 3 is 2.56 bits per heavy atom. The Bertz CT molecular complexity index is 670. The third kappa shape index (κ3) is 4.20. The fourth-order valence-electron chi connectivity index (χ4n) is 3.69. The molecule has 1 aromatic heterocycles. The SMILES string of the molecule is CCC(O)(c1cccs1)C(C)CN1CCN(c2cccc(Cl)c2)CC1. The molecule has 1 fully saturated rings. The van der Waals surface area contributed by atoms with Crippen molar-refractivity contribution in [1.29, 1.82) is 0 Å². The van der Waals surface area contributed by atoms with E-state index in [1.54, 1.807) is 11.3 Å². The number of halogens is 1. The van der Waals surface area contributed by atoms with E-state index in [4.69, 9.17) is 11.6 Å². The average molecular weight is 379 g/mol. The van der Waals surface area contributed by atoms with Crippen LogP contribution in [0.5, 0.6) is 0 Å². The van der Waals surface area contributed by atoms with Gasteiger partial charge in [0.25, 0.3) is 0 Å². The Kier molecular flexibility index (Phi) is 6.05. The number of benzene rings is 1. The molecule has 5 heteroatoms. The van der Waals surface area contributed by atoms with Crippen molar-refractivity contribution in [3.8, 4) is 0 Å². The van der Waals surface area contributed by atoms with Crippen molar-refractivity contribution in [2.45, 2.75) is 25.9 Å². The number of hydrogen-bond acceptors (Lipinski definition) is 4. The Labute approximate surface area is 159 Å². The predicted molar refractivity (Wildman–Crippen MR) is 108 cm³/mol. The molecular weight excluding hydrogens is 352 g/mol. The summed E-state index contributed by atoms with van der Waals surface area (Å²) in [5.41, 5.74) is 0.474. The molecule has 2 unspecified atom stereocenters. The third-order valence-corrected chi connectivity index (χ3v) is 6.65. The lowest BCUT2D eigenvalue weighted by Crippen LogP contribution is -2.49. The number of nitrogens with zero attached hydrogens (tertiary/aromatic N) is 2. The van der Waals surface area contributed by atoms with Crippen molar-refractivity contribution < 1.29 is 5.11 Å². The fourth-order valence-corrected chi connectivity index (χ4v) is 4.89. The highest BCUT2D eigenvalue weighted by atomic mass is 35.5. The van der Waals surface area contributed by atoms with Crippen molar-refractivity contribution >= 4 is 28.6 Å². The minimum atomic E-state index is -0.724. The molecule has 1 N–H and O–H groups in total. The minimum Gasteiger partial charge on any atom is -0.384 e. The van der Waals surface area contributed by atoms with Gasteiger partial charge in [-0.25, -0.2) is 0 Å². The third-order valence-electron chi connectivity index (χ3n) is 5.38. The summed E-state index contributed by atoms with van der Waals surface area (Å²) in [6.45, 7) is 9.20. The van der Waals surface area contributed by atoms with Crippen molar-refractivity contribution in [3.05, 3.63) is 51.7 Å². The molecule has 3 nitrogen and oxygen atoms in total. The maximum atomic E-state index is 11.2. The summed E-state index contributed by atoms with van der Waals surface area (Å²) in [4.78, 5) is 5.94. The summed E-state index contributed by atoms with van der Waals surface area (Å²) >= 11 is 7.77. The van der Waals surface area contributed by atoms with E-state index in [0.29, 0.717) is 0 Å². The largest absolute Gasteiger partial charge is 0.384 e. The predicted octanol–water partition coefficient (Wildman–Crippen LogP) is 4.46. The standard InChI is InChI=1S/C20H27ClN2OS/c1-3-20(24,19-8-5-13-25-19)16(2)15-22-9-11-23(12-10-22)18-7-4-6-17(21)14-18/h4-8,13-14,16,24H,3,9-12,15H2,1-2H3.